The van der Waals surface area contributed by atoms with Crippen molar-refractivity contribution < 1.29 is 24.9 Å². The monoisotopic (exact) mass is 270 g/mol. The minimum atomic E-state index is -2.49. The molecule has 0 amide bonds. The van der Waals surface area contributed by atoms with E-state index in [9.17, 15) is 24.9 Å². The number of Topliss-reactive ketones (excluding diaryl/α,β-unsaturated/α-hetero) is 2. The quantitative estimate of drug-likeness (QED) is 0.537. The Morgan fingerprint density at radius 2 is 1.35 bits per heavy atom. The van der Waals surface area contributed by atoms with Gasteiger partial charge in [0.1, 0.15) is 0 Å². The number of ketones is 2. The van der Waals surface area contributed by atoms with Crippen LogP contribution in [-0.4, -0.2) is 26.9 Å². The molecule has 0 atom stereocenters. The molecule has 100 valence electrons. The van der Waals surface area contributed by atoms with E-state index in [0.717, 1.165) is 0 Å². The Balaban J connectivity index is 2.27. The van der Waals surface area contributed by atoms with E-state index in [-0.39, 0.29) is 16.7 Å². The van der Waals surface area contributed by atoms with Crippen LogP contribution < -0.4 is 0 Å². The number of phenols is 2. The van der Waals surface area contributed by atoms with Crippen LogP contribution in [0.4, 0.5) is 0 Å². The first-order valence-corrected chi connectivity index (χ1v) is 5.90. The minimum absolute atomic E-state index is 0.0998. The fourth-order valence-corrected chi connectivity index (χ4v) is 2.44. The van der Waals surface area contributed by atoms with Crippen molar-refractivity contribution in [3.05, 3.63) is 59.2 Å². The molecule has 5 nitrogen and oxygen atoms in total. The van der Waals surface area contributed by atoms with Gasteiger partial charge in [0.05, 0.1) is 0 Å². The van der Waals surface area contributed by atoms with Gasteiger partial charge in [0.15, 0.2) is 11.5 Å². The van der Waals surface area contributed by atoms with Crippen LogP contribution in [0.1, 0.15) is 26.3 Å². The van der Waals surface area contributed by atoms with Gasteiger partial charge in [-0.3, -0.25) is 9.59 Å². The number of hydrogen-bond donors (Lipinski definition) is 3. The molecule has 0 unspecified atom stereocenters. The molecule has 0 heterocycles. The summed E-state index contributed by atoms with van der Waals surface area (Å²) in [6.45, 7) is 0. The number of carbonyl (C=O) groups is 2. The van der Waals surface area contributed by atoms with Crippen LogP contribution in [0.25, 0.3) is 0 Å². The second-order valence-corrected chi connectivity index (χ2v) is 4.59. The number of carbonyl (C=O) groups excluding carboxylic acids is 2. The van der Waals surface area contributed by atoms with Crippen molar-refractivity contribution in [2.75, 3.05) is 0 Å². The zero-order chi connectivity index (χ0) is 14.5. The van der Waals surface area contributed by atoms with E-state index in [1.54, 1.807) is 12.1 Å². The van der Waals surface area contributed by atoms with E-state index < -0.39 is 28.7 Å². The lowest BCUT2D eigenvalue weighted by Crippen LogP contribution is -2.38. The van der Waals surface area contributed by atoms with Gasteiger partial charge >= 0.3 is 0 Å². The molecule has 0 saturated heterocycles. The third kappa shape index (κ3) is 1.35. The highest BCUT2D eigenvalue weighted by molar-refractivity contribution is 6.32. The van der Waals surface area contributed by atoms with Gasteiger partial charge in [0.2, 0.25) is 17.2 Å². The Morgan fingerprint density at radius 1 is 0.800 bits per heavy atom. The molecule has 5 heteroatoms. The number of phenolic OH excluding ortho intramolecular Hbond substituents is 2. The molecule has 0 fully saturated rings. The first-order chi connectivity index (χ1) is 9.48. The molecule has 3 rings (SSSR count). The largest absolute Gasteiger partial charge is 0.504 e. The van der Waals surface area contributed by atoms with E-state index in [2.05, 4.69) is 0 Å². The lowest BCUT2D eigenvalue weighted by atomic mass is 9.88. The van der Waals surface area contributed by atoms with Gasteiger partial charge in [0.25, 0.3) is 0 Å². The normalized spacial score (nSPS) is 16.2. The van der Waals surface area contributed by atoms with Crippen molar-refractivity contribution in [1.29, 1.82) is 0 Å². The van der Waals surface area contributed by atoms with Crippen molar-refractivity contribution in [3.8, 4) is 11.5 Å². The van der Waals surface area contributed by atoms with Gasteiger partial charge in [-0.15, -0.1) is 0 Å². The summed E-state index contributed by atoms with van der Waals surface area (Å²) in [5.74, 6) is -2.80. The van der Waals surface area contributed by atoms with E-state index in [1.165, 1.54) is 30.3 Å². The predicted molar refractivity (Wildman–Crippen MR) is 68.8 cm³/mol. The van der Waals surface area contributed by atoms with Crippen molar-refractivity contribution in [3.63, 3.8) is 0 Å². The average Bonchev–Trinajstić information content (AvgIpc) is 2.65. The van der Waals surface area contributed by atoms with E-state index in [1.807, 2.05) is 0 Å². The van der Waals surface area contributed by atoms with Crippen molar-refractivity contribution >= 4 is 11.6 Å². The Hall–Kier alpha value is -2.66. The molecule has 1 aliphatic carbocycles. The fourth-order valence-electron chi connectivity index (χ4n) is 2.44. The molecule has 0 spiro atoms. The Labute approximate surface area is 113 Å². The molecule has 2 aromatic rings. The highest BCUT2D eigenvalue weighted by Gasteiger charge is 2.54. The van der Waals surface area contributed by atoms with Crippen LogP contribution in [0.15, 0.2) is 42.5 Å². The summed E-state index contributed by atoms with van der Waals surface area (Å²) in [7, 11) is 0. The molecule has 0 aliphatic heterocycles. The molecule has 0 saturated carbocycles. The standard InChI is InChI=1S/C15H10O5/c16-11-7-3-6-10(12(11)17)15(20)13(18)8-4-1-2-5-9(8)14(15)19/h1-7,16-17,20H. The van der Waals surface area contributed by atoms with Gasteiger partial charge in [-0.25, -0.2) is 0 Å². The maximum absolute atomic E-state index is 12.3. The number of benzene rings is 2. The molecule has 0 aromatic heterocycles. The molecule has 2 aromatic carbocycles. The number of aliphatic hydroxyl groups is 1. The summed E-state index contributed by atoms with van der Waals surface area (Å²) >= 11 is 0. The molecule has 1 aliphatic rings. The van der Waals surface area contributed by atoms with Crippen LogP contribution in [0.3, 0.4) is 0 Å². The third-order valence-corrected chi connectivity index (χ3v) is 3.48. The highest BCUT2D eigenvalue weighted by atomic mass is 16.3. The molecule has 20 heavy (non-hydrogen) atoms. The van der Waals surface area contributed by atoms with Crippen LogP contribution in [-0.2, 0) is 5.60 Å². The molecule has 0 bridgehead atoms. The first-order valence-electron chi connectivity index (χ1n) is 5.90. The second kappa shape index (κ2) is 3.91. The highest BCUT2D eigenvalue weighted by Crippen LogP contribution is 2.43. The van der Waals surface area contributed by atoms with E-state index in [0.29, 0.717) is 0 Å². The fraction of sp³-hybridized carbons (Fsp3) is 0.0667. The van der Waals surface area contributed by atoms with Crippen molar-refractivity contribution in [2.45, 2.75) is 5.60 Å². The van der Waals surface area contributed by atoms with Gasteiger partial charge in [-0.05, 0) is 6.07 Å². The topological polar surface area (TPSA) is 94.8 Å². The summed E-state index contributed by atoms with van der Waals surface area (Å²) in [5, 5.41) is 29.9. The number of para-hydroxylation sites is 1. The molecule has 0 radical (unpaired) electrons. The summed E-state index contributed by atoms with van der Waals surface area (Å²) in [6, 6.07) is 9.80. The number of hydrogen-bond acceptors (Lipinski definition) is 5. The van der Waals surface area contributed by atoms with Crippen LogP contribution in [0.2, 0.25) is 0 Å². The lowest BCUT2D eigenvalue weighted by molar-refractivity contribution is 0.0312. The molecular formula is C15H10O5. The lowest BCUT2D eigenvalue weighted by Gasteiger charge is -2.20. The predicted octanol–water partition coefficient (Wildman–Crippen LogP) is 1.36. The number of rotatable bonds is 1. The summed E-state index contributed by atoms with van der Waals surface area (Å²) in [4.78, 5) is 24.7. The Kier molecular flexibility index (Phi) is 2.42. The smallest absolute Gasteiger partial charge is 0.220 e. The van der Waals surface area contributed by atoms with Crippen LogP contribution in [0.5, 0.6) is 11.5 Å². The van der Waals surface area contributed by atoms with Gasteiger partial charge in [-0.2, -0.15) is 0 Å². The second-order valence-electron chi connectivity index (χ2n) is 4.59. The summed E-state index contributed by atoms with van der Waals surface area (Å²) in [6.07, 6.45) is 0. The van der Waals surface area contributed by atoms with Gasteiger partial charge < -0.3 is 15.3 Å². The zero-order valence-electron chi connectivity index (χ0n) is 10.2. The van der Waals surface area contributed by atoms with E-state index in [4.69, 9.17) is 0 Å². The Bertz CT molecular complexity index is 713. The average molecular weight is 270 g/mol. The molecule has 3 N–H and O–H groups in total. The van der Waals surface area contributed by atoms with E-state index >= 15 is 0 Å². The summed E-state index contributed by atoms with van der Waals surface area (Å²) in [5.41, 5.74) is -2.61. The Morgan fingerprint density at radius 3 is 1.90 bits per heavy atom. The van der Waals surface area contributed by atoms with Crippen LogP contribution in [0, 0.1) is 0 Å². The zero-order valence-corrected chi connectivity index (χ0v) is 10.2. The SMILES string of the molecule is O=C1c2ccccc2C(=O)C1(O)c1cccc(O)c1O. The third-order valence-electron chi connectivity index (χ3n) is 3.48. The first kappa shape index (κ1) is 12.4. The van der Waals surface area contributed by atoms with Gasteiger partial charge in [-0.1, -0.05) is 36.4 Å². The maximum Gasteiger partial charge on any atom is 0.220 e. The minimum Gasteiger partial charge on any atom is -0.504 e. The van der Waals surface area contributed by atoms with Crippen LogP contribution >= 0.6 is 0 Å². The molecular weight excluding hydrogens is 260 g/mol. The number of fused-ring (bicyclic) bond motifs is 1. The maximum atomic E-state index is 12.3. The van der Waals surface area contributed by atoms with Crippen molar-refractivity contribution in [1.82, 2.24) is 0 Å². The van der Waals surface area contributed by atoms with Crippen molar-refractivity contribution in [2.24, 2.45) is 0 Å². The van der Waals surface area contributed by atoms with Gasteiger partial charge in [0, 0.05) is 16.7 Å². The summed E-state index contributed by atoms with van der Waals surface area (Å²) < 4.78 is 0. The number of aromatic hydroxyl groups is 2.